The van der Waals surface area contributed by atoms with Crippen molar-refractivity contribution in [2.75, 3.05) is 25.1 Å². The molecule has 22 heavy (non-hydrogen) atoms. The second-order valence-corrected chi connectivity index (χ2v) is 5.41. The molecule has 1 saturated heterocycles. The van der Waals surface area contributed by atoms with Crippen molar-refractivity contribution >= 4 is 17.6 Å². The number of halogens is 3. The first-order valence-corrected chi connectivity index (χ1v) is 6.43. The van der Waals surface area contributed by atoms with Crippen LogP contribution in [0.4, 0.5) is 18.9 Å². The van der Waals surface area contributed by atoms with Gasteiger partial charge in [-0.1, -0.05) is 6.92 Å². The minimum Gasteiger partial charge on any atom is -0.461 e. The molecular weight excluding hydrogens is 303 g/mol. The van der Waals surface area contributed by atoms with Crippen LogP contribution in [0.1, 0.15) is 17.3 Å². The third-order valence-electron chi connectivity index (χ3n) is 3.09. The average molecular weight is 317 g/mol. The molecule has 0 spiro atoms. The average Bonchev–Trinajstić information content (AvgIpc) is 2.42. The highest BCUT2D eigenvalue weighted by molar-refractivity contribution is 5.95. The highest BCUT2D eigenvalue weighted by atomic mass is 19.4. The SMILES string of the molecule is CC1(COC(=O)c2ccc(NC(=O)C(F)(F)F)cc2)COC1. The van der Waals surface area contributed by atoms with Crippen LogP contribution in [0.3, 0.4) is 0 Å². The molecule has 0 atom stereocenters. The van der Waals surface area contributed by atoms with Crippen LogP contribution in [0.2, 0.25) is 0 Å². The number of rotatable bonds is 4. The number of alkyl halides is 3. The summed E-state index contributed by atoms with van der Waals surface area (Å²) in [6.07, 6.45) is -4.96. The zero-order valence-corrected chi connectivity index (χ0v) is 11.7. The molecule has 1 N–H and O–H groups in total. The number of nitrogens with one attached hydrogen (secondary N) is 1. The van der Waals surface area contributed by atoms with Crippen molar-refractivity contribution in [1.82, 2.24) is 0 Å². The summed E-state index contributed by atoms with van der Waals surface area (Å²) >= 11 is 0. The van der Waals surface area contributed by atoms with E-state index in [9.17, 15) is 22.8 Å². The van der Waals surface area contributed by atoms with Crippen LogP contribution < -0.4 is 5.32 Å². The lowest BCUT2D eigenvalue weighted by Crippen LogP contribution is -2.44. The third kappa shape index (κ3) is 3.97. The second kappa shape index (κ2) is 5.96. The van der Waals surface area contributed by atoms with Crippen LogP contribution in [-0.4, -0.2) is 37.9 Å². The van der Waals surface area contributed by atoms with E-state index < -0.39 is 18.1 Å². The smallest absolute Gasteiger partial charge is 0.461 e. The van der Waals surface area contributed by atoms with Crippen LogP contribution in [-0.2, 0) is 14.3 Å². The van der Waals surface area contributed by atoms with Crippen LogP contribution in [0.15, 0.2) is 24.3 Å². The number of anilines is 1. The van der Waals surface area contributed by atoms with Crippen molar-refractivity contribution in [2.45, 2.75) is 13.1 Å². The lowest BCUT2D eigenvalue weighted by molar-refractivity contribution is -0.167. The number of hydrogen-bond donors (Lipinski definition) is 1. The summed E-state index contributed by atoms with van der Waals surface area (Å²) in [5.41, 5.74) is -0.0527. The Labute approximate surface area is 124 Å². The summed E-state index contributed by atoms with van der Waals surface area (Å²) in [4.78, 5) is 22.6. The van der Waals surface area contributed by atoms with Crippen molar-refractivity contribution in [1.29, 1.82) is 0 Å². The molecule has 1 aliphatic rings. The van der Waals surface area contributed by atoms with Gasteiger partial charge in [0.1, 0.15) is 6.61 Å². The number of hydrogen-bond acceptors (Lipinski definition) is 4. The fourth-order valence-corrected chi connectivity index (χ4v) is 1.75. The van der Waals surface area contributed by atoms with Gasteiger partial charge in [0.2, 0.25) is 0 Å². The quantitative estimate of drug-likeness (QED) is 0.866. The molecule has 5 nitrogen and oxygen atoms in total. The maximum Gasteiger partial charge on any atom is 0.471 e. The van der Waals surface area contributed by atoms with E-state index in [4.69, 9.17) is 9.47 Å². The Balaban J connectivity index is 1.90. The molecule has 0 bridgehead atoms. The topological polar surface area (TPSA) is 64.6 Å². The monoisotopic (exact) mass is 317 g/mol. The molecule has 1 fully saturated rings. The Morgan fingerprint density at radius 3 is 2.32 bits per heavy atom. The molecule has 0 saturated carbocycles. The summed E-state index contributed by atoms with van der Waals surface area (Å²) in [6, 6.07) is 4.98. The van der Waals surface area contributed by atoms with Crippen molar-refractivity contribution in [2.24, 2.45) is 5.41 Å². The minimum absolute atomic E-state index is 0.0572. The van der Waals surface area contributed by atoms with E-state index in [1.807, 2.05) is 6.92 Å². The fourth-order valence-electron chi connectivity index (χ4n) is 1.75. The third-order valence-corrected chi connectivity index (χ3v) is 3.09. The lowest BCUT2D eigenvalue weighted by Gasteiger charge is -2.37. The Morgan fingerprint density at radius 2 is 1.86 bits per heavy atom. The lowest BCUT2D eigenvalue weighted by atomic mass is 9.90. The molecule has 0 aliphatic carbocycles. The van der Waals surface area contributed by atoms with Gasteiger partial charge in [0.25, 0.3) is 0 Å². The van der Waals surface area contributed by atoms with Gasteiger partial charge in [0.15, 0.2) is 0 Å². The fraction of sp³-hybridized carbons (Fsp3) is 0.429. The van der Waals surface area contributed by atoms with E-state index in [1.54, 1.807) is 5.32 Å². The van der Waals surface area contributed by atoms with Crippen molar-refractivity contribution < 1.29 is 32.2 Å². The number of esters is 1. The maximum atomic E-state index is 12.1. The first-order chi connectivity index (χ1) is 10.2. The Hall–Kier alpha value is -2.09. The van der Waals surface area contributed by atoms with Crippen molar-refractivity contribution in [3.05, 3.63) is 29.8 Å². The van der Waals surface area contributed by atoms with Gasteiger partial charge in [-0.2, -0.15) is 13.2 Å². The van der Waals surface area contributed by atoms with E-state index >= 15 is 0 Å². The van der Waals surface area contributed by atoms with Crippen LogP contribution in [0.5, 0.6) is 0 Å². The largest absolute Gasteiger partial charge is 0.471 e. The van der Waals surface area contributed by atoms with Gasteiger partial charge in [-0.25, -0.2) is 4.79 Å². The summed E-state index contributed by atoms with van der Waals surface area (Å²) in [7, 11) is 0. The zero-order chi connectivity index (χ0) is 16.4. The van der Waals surface area contributed by atoms with E-state index in [0.29, 0.717) is 13.2 Å². The van der Waals surface area contributed by atoms with Gasteiger partial charge in [0, 0.05) is 11.1 Å². The summed E-state index contributed by atoms with van der Waals surface area (Å²) in [6.45, 7) is 3.16. The molecule has 0 aromatic heterocycles. The summed E-state index contributed by atoms with van der Waals surface area (Å²) in [5, 5.41) is 1.69. The molecule has 1 aliphatic heterocycles. The molecule has 0 unspecified atom stereocenters. The summed E-state index contributed by atoms with van der Waals surface area (Å²) < 4.78 is 46.4. The highest BCUT2D eigenvalue weighted by Crippen LogP contribution is 2.27. The molecule has 1 aromatic rings. The molecule has 1 amide bonds. The van der Waals surface area contributed by atoms with Gasteiger partial charge in [-0.3, -0.25) is 4.79 Å². The van der Waals surface area contributed by atoms with Gasteiger partial charge >= 0.3 is 18.1 Å². The van der Waals surface area contributed by atoms with Crippen LogP contribution in [0.25, 0.3) is 0 Å². The minimum atomic E-state index is -4.96. The molecule has 120 valence electrons. The first kappa shape index (κ1) is 16.3. The van der Waals surface area contributed by atoms with E-state index in [0.717, 1.165) is 0 Å². The Bertz CT molecular complexity index is 564. The summed E-state index contributed by atoms with van der Waals surface area (Å²) in [5.74, 6) is -2.65. The first-order valence-electron chi connectivity index (χ1n) is 6.43. The molecule has 1 aromatic carbocycles. The van der Waals surface area contributed by atoms with Gasteiger partial charge < -0.3 is 14.8 Å². The number of carbonyl (C=O) groups is 2. The van der Waals surface area contributed by atoms with E-state index in [-0.39, 0.29) is 23.3 Å². The second-order valence-electron chi connectivity index (χ2n) is 5.41. The normalized spacial score (nSPS) is 16.5. The highest BCUT2D eigenvalue weighted by Gasteiger charge is 2.38. The molecule has 1 heterocycles. The number of amides is 1. The van der Waals surface area contributed by atoms with Crippen molar-refractivity contribution in [3.8, 4) is 0 Å². The predicted octanol–water partition coefficient (Wildman–Crippen LogP) is 2.38. The number of ether oxygens (including phenoxy) is 2. The molecule has 0 radical (unpaired) electrons. The van der Waals surface area contributed by atoms with Gasteiger partial charge in [0.05, 0.1) is 18.8 Å². The number of benzene rings is 1. The molecule has 2 rings (SSSR count). The zero-order valence-electron chi connectivity index (χ0n) is 11.7. The Kier molecular flexibility index (Phi) is 4.41. The Morgan fingerprint density at radius 1 is 1.27 bits per heavy atom. The maximum absolute atomic E-state index is 12.1. The number of carbonyl (C=O) groups excluding carboxylic acids is 2. The molecule has 8 heteroatoms. The van der Waals surface area contributed by atoms with E-state index in [1.165, 1.54) is 24.3 Å². The predicted molar refractivity (Wildman–Crippen MR) is 70.3 cm³/mol. The van der Waals surface area contributed by atoms with Gasteiger partial charge in [-0.15, -0.1) is 0 Å². The van der Waals surface area contributed by atoms with Gasteiger partial charge in [-0.05, 0) is 24.3 Å². The van der Waals surface area contributed by atoms with Crippen molar-refractivity contribution in [3.63, 3.8) is 0 Å². The van der Waals surface area contributed by atoms with E-state index in [2.05, 4.69) is 0 Å². The van der Waals surface area contributed by atoms with Crippen LogP contribution >= 0.6 is 0 Å². The standard InChI is InChI=1S/C14H14F3NO4/c1-13(6-21-7-13)8-22-11(19)9-2-4-10(5-3-9)18-12(20)14(15,16)17/h2-5H,6-8H2,1H3,(H,18,20). The molecular formula is C14H14F3NO4. The van der Waals surface area contributed by atoms with Crippen LogP contribution in [0, 0.1) is 5.41 Å².